The van der Waals surface area contributed by atoms with Gasteiger partial charge < -0.3 is 25.0 Å². The molecule has 1 aromatic carbocycles. The van der Waals surface area contributed by atoms with Crippen molar-refractivity contribution >= 4 is 29.9 Å². The van der Waals surface area contributed by atoms with Gasteiger partial charge in [0, 0.05) is 19.6 Å². The van der Waals surface area contributed by atoms with E-state index >= 15 is 0 Å². The van der Waals surface area contributed by atoms with E-state index < -0.39 is 0 Å². The standard InChI is InChI=1S/C20H34N4O2.HI/c1-4-23(5-2)13-14-26-18-10-9-17(15-19(18)25-3)16-22-20(21)24-11-7-6-8-12-24;/h9-10,15H,4-8,11-14,16H2,1-3H3,(H2,21,22);1H. The van der Waals surface area contributed by atoms with Crippen molar-refractivity contribution in [1.82, 2.24) is 9.80 Å². The fourth-order valence-corrected chi connectivity index (χ4v) is 3.15. The first-order valence-electron chi connectivity index (χ1n) is 9.74. The Bertz CT molecular complexity index is 573. The molecule has 0 amide bonds. The molecule has 2 rings (SSSR count). The highest BCUT2D eigenvalue weighted by molar-refractivity contribution is 14.0. The van der Waals surface area contributed by atoms with Crippen LogP contribution >= 0.6 is 24.0 Å². The van der Waals surface area contributed by atoms with Crippen LogP contribution in [0.2, 0.25) is 0 Å². The molecule has 6 nitrogen and oxygen atoms in total. The molecule has 0 aromatic heterocycles. The van der Waals surface area contributed by atoms with Gasteiger partial charge in [-0.2, -0.15) is 0 Å². The summed E-state index contributed by atoms with van der Waals surface area (Å²) in [6.45, 7) is 10.5. The smallest absolute Gasteiger partial charge is 0.191 e. The molecule has 0 aliphatic carbocycles. The first kappa shape index (κ1) is 23.8. The van der Waals surface area contributed by atoms with Crippen molar-refractivity contribution in [2.75, 3.05) is 46.4 Å². The van der Waals surface area contributed by atoms with E-state index in [0.717, 1.165) is 49.8 Å². The summed E-state index contributed by atoms with van der Waals surface area (Å²) in [4.78, 5) is 9.05. The highest BCUT2D eigenvalue weighted by Crippen LogP contribution is 2.28. The minimum atomic E-state index is 0. The lowest BCUT2D eigenvalue weighted by Crippen LogP contribution is -2.40. The summed E-state index contributed by atoms with van der Waals surface area (Å²) in [5.74, 6) is 2.16. The second-order valence-corrected chi connectivity index (χ2v) is 6.58. The van der Waals surface area contributed by atoms with Crippen LogP contribution in [0, 0.1) is 0 Å². The Hall–Kier alpha value is -1.22. The Labute approximate surface area is 181 Å². The second kappa shape index (κ2) is 13.0. The fourth-order valence-electron chi connectivity index (χ4n) is 3.15. The molecule has 1 aromatic rings. The van der Waals surface area contributed by atoms with E-state index in [2.05, 4.69) is 28.6 Å². The second-order valence-electron chi connectivity index (χ2n) is 6.58. The lowest BCUT2D eigenvalue weighted by molar-refractivity contribution is 0.217. The third-order valence-electron chi connectivity index (χ3n) is 4.89. The SMILES string of the molecule is CCN(CC)CCOc1ccc(CN=C(N)N2CCCCC2)cc1OC.I. The predicted molar refractivity (Wildman–Crippen MR) is 122 cm³/mol. The summed E-state index contributed by atoms with van der Waals surface area (Å²) in [5, 5.41) is 0. The van der Waals surface area contributed by atoms with Gasteiger partial charge in [0.25, 0.3) is 0 Å². The molecule has 0 bridgehead atoms. The Morgan fingerprint density at radius 3 is 2.48 bits per heavy atom. The van der Waals surface area contributed by atoms with Gasteiger partial charge in [-0.15, -0.1) is 24.0 Å². The number of benzene rings is 1. The van der Waals surface area contributed by atoms with Gasteiger partial charge in [-0.25, -0.2) is 4.99 Å². The first-order valence-corrected chi connectivity index (χ1v) is 9.74. The highest BCUT2D eigenvalue weighted by Gasteiger charge is 2.12. The molecular weight excluding hydrogens is 455 g/mol. The van der Waals surface area contributed by atoms with E-state index in [1.54, 1.807) is 7.11 Å². The van der Waals surface area contributed by atoms with Crippen molar-refractivity contribution in [2.45, 2.75) is 39.7 Å². The number of nitrogens with zero attached hydrogens (tertiary/aromatic N) is 3. The summed E-state index contributed by atoms with van der Waals surface area (Å²) in [6, 6.07) is 5.98. The van der Waals surface area contributed by atoms with Gasteiger partial charge >= 0.3 is 0 Å². The molecule has 0 unspecified atom stereocenters. The van der Waals surface area contributed by atoms with Gasteiger partial charge in [0.15, 0.2) is 17.5 Å². The van der Waals surface area contributed by atoms with Crippen molar-refractivity contribution in [3.63, 3.8) is 0 Å². The maximum atomic E-state index is 6.13. The zero-order valence-corrected chi connectivity index (χ0v) is 19.3. The van der Waals surface area contributed by atoms with Crippen LogP contribution in [-0.2, 0) is 6.54 Å². The van der Waals surface area contributed by atoms with E-state index in [1.165, 1.54) is 19.3 Å². The number of likely N-dealkylation sites (N-methyl/N-ethyl adjacent to an activating group) is 1. The molecule has 1 heterocycles. The van der Waals surface area contributed by atoms with Crippen molar-refractivity contribution in [1.29, 1.82) is 0 Å². The average molecular weight is 490 g/mol. The Morgan fingerprint density at radius 2 is 1.85 bits per heavy atom. The summed E-state index contributed by atoms with van der Waals surface area (Å²) < 4.78 is 11.4. The summed E-state index contributed by atoms with van der Waals surface area (Å²) in [7, 11) is 1.67. The zero-order valence-electron chi connectivity index (χ0n) is 16.9. The Morgan fingerprint density at radius 1 is 1.15 bits per heavy atom. The van der Waals surface area contributed by atoms with Crippen molar-refractivity contribution in [3.8, 4) is 11.5 Å². The van der Waals surface area contributed by atoms with Crippen LogP contribution in [0.15, 0.2) is 23.2 Å². The van der Waals surface area contributed by atoms with Crippen LogP contribution in [-0.4, -0.2) is 62.2 Å². The number of methoxy groups -OCH3 is 1. The molecule has 7 heteroatoms. The predicted octanol–water partition coefficient (Wildman–Crippen LogP) is 3.33. The molecule has 0 atom stereocenters. The molecular formula is C20H35IN4O2. The molecule has 1 fully saturated rings. The molecule has 154 valence electrons. The minimum Gasteiger partial charge on any atom is -0.493 e. The summed E-state index contributed by atoms with van der Waals surface area (Å²) >= 11 is 0. The lowest BCUT2D eigenvalue weighted by atomic mass is 10.1. The Kier molecular flexibility index (Phi) is 11.5. The normalized spacial score (nSPS) is 14.8. The number of aliphatic imine (C=N–C) groups is 1. The topological polar surface area (TPSA) is 63.3 Å². The largest absolute Gasteiger partial charge is 0.493 e. The molecule has 0 radical (unpaired) electrons. The van der Waals surface area contributed by atoms with E-state index in [9.17, 15) is 0 Å². The van der Waals surface area contributed by atoms with Gasteiger partial charge in [-0.05, 0) is 50.0 Å². The molecule has 0 saturated carbocycles. The molecule has 2 N–H and O–H groups in total. The van der Waals surface area contributed by atoms with Crippen molar-refractivity contribution in [2.24, 2.45) is 10.7 Å². The van der Waals surface area contributed by atoms with Crippen LogP contribution < -0.4 is 15.2 Å². The third kappa shape index (κ3) is 7.73. The maximum Gasteiger partial charge on any atom is 0.191 e. The first-order chi connectivity index (χ1) is 12.7. The summed E-state index contributed by atoms with van der Waals surface area (Å²) in [6.07, 6.45) is 3.68. The number of hydrogen-bond acceptors (Lipinski definition) is 4. The van der Waals surface area contributed by atoms with Crippen molar-refractivity contribution < 1.29 is 9.47 Å². The molecule has 1 saturated heterocycles. The average Bonchev–Trinajstić information content (AvgIpc) is 2.70. The number of halogens is 1. The number of rotatable bonds is 9. The quantitative estimate of drug-likeness (QED) is 0.327. The monoisotopic (exact) mass is 490 g/mol. The van der Waals surface area contributed by atoms with Crippen LogP contribution in [0.4, 0.5) is 0 Å². The molecule has 1 aliphatic rings. The van der Waals surface area contributed by atoms with Crippen LogP contribution in [0.5, 0.6) is 11.5 Å². The minimum absolute atomic E-state index is 0. The maximum absolute atomic E-state index is 6.13. The highest BCUT2D eigenvalue weighted by atomic mass is 127. The molecule has 0 spiro atoms. The number of hydrogen-bond donors (Lipinski definition) is 1. The van der Waals surface area contributed by atoms with E-state index in [0.29, 0.717) is 19.1 Å². The lowest BCUT2D eigenvalue weighted by Gasteiger charge is -2.27. The fraction of sp³-hybridized carbons (Fsp3) is 0.650. The third-order valence-corrected chi connectivity index (χ3v) is 4.89. The Balaban J connectivity index is 0.00000364. The van der Waals surface area contributed by atoms with E-state index in [-0.39, 0.29) is 24.0 Å². The van der Waals surface area contributed by atoms with Crippen LogP contribution in [0.1, 0.15) is 38.7 Å². The van der Waals surface area contributed by atoms with Crippen LogP contribution in [0.3, 0.4) is 0 Å². The number of ether oxygens (including phenoxy) is 2. The van der Waals surface area contributed by atoms with Gasteiger partial charge in [-0.1, -0.05) is 19.9 Å². The number of nitrogens with two attached hydrogens (primary N) is 1. The number of likely N-dealkylation sites (tertiary alicyclic amines) is 1. The molecule has 27 heavy (non-hydrogen) atoms. The van der Waals surface area contributed by atoms with E-state index in [1.807, 2.05) is 18.2 Å². The van der Waals surface area contributed by atoms with Crippen LogP contribution in [0.25, 0.3) is 0 Å². The molecule has 1 aliphatic heterocycles. The summed E-state index contributed by atoms with van der Waals surface area (Å²) in [5.41, 5.74) is 7.20. The van der Waals surface area contributed by atoms with Gasteiger partial charge in [0.2, 0.25) is 0 Å². The van der Waals surface area contributed by atoms with Crippen molar-refractivity contribution in [3.05, 3.63) is 23.8 Å². The van der Waals surface area contributed by atoms with Gasteiger partial charge in [0.1, 0.15) is 6.61 Å². The number of guanidine groups is 1. The van der Waals surface area contributed by atoms with E-state index in [4.69, 9.17) is 15.2 Å². The number of piperidine rings is 1. The van der Waals surface area contributed by atoms with Gasteiger partial charge in [0.05, 0.1) is 13.7 Å². The zero-order chi connectivity index (χ0) is 18.8. The van der Waals surface area contributed by atoms with Gasteiger partial charge in [-0.3, -0.25) is 0 Å².